The number of thioether (sulfide) groups is 1. The molecule has 0 bridgehead atoms. The number of hydrogen-bond donors (Lipinski definition) is 1. The highest BCUT2D eigenvalue weighted by atomic mass is 79.9. The molecule has 0 unspecified atom stereocenters. The molecule has 106 valence electrons. The molecule has 0 aliphatic heterocycles. The fraction of sp³-hybridized carbons (Fsp3) is 0.143. The molecule has 0 spiro atoms. The highest BCUT2D eigenvalue weighted by Gasteiger charge is 2.13. The van der Waals surface area contributed by atoms with Crippen LogP contribution in [0.2, 0.25) is 0 Å². The molecular weight excluding hydrogens is 358 g/mol. The average molecular weight is 372 g/mol. The van der Waals surface area contributed by atoms with E-state index in [2.05, 4.69) is 20.7 Å². The van der Waals surface area contributed by atoms with Crippen LogP contribution < -0.4 is 4.72 Å². The van der Waals surface area contributed by atoms with E-state index in [9.17, 15) is 8.42 Å². The molecule has 2 rings (SSSR count). The lowest BCUT2D eigenvalue weighted by Gasteiger charge is -2.07. The molecule has 1 N–H and O–H groups in total. The van der Waals surface area contributed by atoms with Crippen molar-refractivity contribution in [3.63, 3.8) is 0 Å². The molecule has 0 aromatic heterocycles. The van der Waals surface area contributed by atoms with Gasteiger partial charge in [0.05, 0.1) is 4.90 Å². The van der Waals surface area contributed by atoms with E-state index in [1.807, 2.05) is 30.3 Å². The molecular formula is C14H14BrNO2S2. The highest BCUT2D eigenvalue weighted by molar-refractivity contribution is 9.10. The molecule has 0 radical (unpaired) electrons. The van der Waals surface area contributed by atoms with Gasteiger partial charge < -0.3 is 0 Å². The van der Waals surface area contributed by atoms with Gasteiger partial charge in [-0.1, -0.05) is 40.2 Å². The summed E-state index contributed by atoms with van der Waals surface area (Å²) in [5.41, 5.74) is 0. The maximum atomic E-state index is 12.1. The first-order valence-electron chi connectivity index (χ1n) is 6.01. The van der Waals surface area contributed by atoms with Crippen LogP contribution in [-0.4, -0.2) is 20.7 Å². The summed E-state index contributed by atoms with van der Waals surface area (Å²) in [6, 6.07) is 16.6. The molecule has 0 aliphatic carbocycles. The lowest BCUT2D eigenvalue weighted by molar-refractivity contribution is 0.584. The maximum absolute atomic E-state index is 12.1. The molecule has 0 amide bonds. The Morgan fingerprint density at radius 3 is 2.50 bits per heavy atom. The minimum absolute atomic E-state index is 0.275. The van der Waals surface area contributed by atoms with Crippen molar-refractivity contribution in [2.24, 2.45) is 0 Å². The monoisotopic (exact) mass is 371 g/mol. The third-order valence-electron chi connectivity index (χ3n) is 2.51. The Balaban J connectivity index is 1.87. The van der Waals surface area contributed by atoms with Gasteiger partial charge in [-0.2, -0.15) is 0 Å². The third-order valence-corrected chi connectivity index (χ3v) is 5.48. The topological polar surface area (TPSA) is 46.2 Å². The Labute approximate surface area is 132 Å². The van der Waals surface area contributed by atoms with Gasteiger partial charge in [0.2, 0.25) is 10.0 Å². The summed E-state index contributed by atoms with van der Waals surface area (Å²) in [6.45, 7) is 0.397. The van der Waals surface area contributed by atoms with E-state index in [0.29, 0.717) is 12.3 Å². The first kappa shape index (κ1) is 15.6. The van der Waals surface area contributed by atoms with Gasteiger partial charge in [0.15, 0.2) is 0 Å². The van der Waals surface area contributed by atoms with E-state index in [1.54, 1.807) is 36.0 Å². The van der Waals surface area contributed by atoms with Crippen molar-refractivity contribution in [3.05, 3.63) is 59.1 Å². The lowest BCUT2D eigenvalue weighted by atomic mass is 10.4. The molecule has 0 aliphatic rings. The van der Waals surface area contributed by atoms with Gasteiger partial charge >= 0.3 is 0 Å². The van der Waals surface area contributed by atoms with Crippen LogP contribution in [-0.2, 0) is 10.0 Å². The average Bonchev–Trinajstić information content (AvgIpc) is 2.45. The van der Waals surface area contributed by atoms with E-state index in [0.717, 1.165) is 9.37 Å². The van der Waals surface area contributed by atoms with Crippen LogP contribution in [0.25, 0.3) is 0 Å². The second kappa shape index (κ2) is 7.26. The van der Waals surface area contributed by atoms with Crippen LogP contribution >= 0.6 is 27.7 Å². The molecule has 2 aromatic rings. The highest BCUT2D eigenvalue weighted by Crippen LogP contribution is 2.17. The molecule has 0 fully saturated rings. The van der Waals surface area contributed by atoms with Crippen LogP contribution in [0.15, 0.2) is 68.9 Å². The summed E-state index contributed by atoms with van der Waals surface area (Å²) in [4.78, 5) is 1.41. The lowest BCUT2D eigenvalue weighted by Crippen LogP contribution is -2.26. The standard InChI is InChI=1S/C14H14BrNO2S2/c15-12-5-4-8-14(11-12)20(17,18)16-9-10-19-13-6-2-1-3-7-13/h1-8,11,16H,9-10H2. The minimum Gasteiger partial charge on any atom is -0.210 e. The van der Waals surface area contributed by atoms with Crippen molar-refractivity contribution in [1.82, 2.24) is 4.72 Å². The third kappa shape index (κ3) is 4.63. The number of sulfonamides is 1. The van der Waals surface area contributed by atoms with E-state index in [-0.39, 0.29) is 4.90 Å². The van der Waals surface area contributed by atoms with Gasteiger partial charge in [0.1, 0.15) is 0 Å². The molecule has 0 atom stereocenters. The normalized spacial score (nSPS) is 11.4. The van der Waals surface area contributed by atoms with Crippen molar-refractivity contribution in [3.8, 4) is 0 Å². The summed E-state index contributed by atoms with van der Waals surface area (Å²) in [7, 11) is -3.43. The quantitative estimate of drug-likeness (QED) is 0.624. The Bertz CT molecular complexity index is 660. The van der Waals surface area contributed by atoms with Gasteiger partial charge in [-0.3, -0.25) is 0 Å². The second-order valence-electron chi connectivity index (χ2n) is 4.02. The Kier molecular flexibility index (Phi) is 5.65. The summed E-state index contributed by atoms with van der Waals surface area (Å²) < 4.78 is 27.5. The van der Waals surface area contributed by atoms with Crippen molar-refractivity contribution in [2.75, 3.05) is 12.3 Å². The zero-order chi connectivity index (χ0) is 14.4. The summed E-state index contributed by atoms with van der Waals surface area (Å²) in [5, 5.41) is 0. The first-order chi connectivity index (χ1) is 9.58. The zero-order valence-electron chi connectivity index (χ0n) is 10.6. The van der Waals surface area contributed by atoms with E-state index >= 15 is 0 Å². The Morgan fingerprint density at radius 2 is 1.80 bits per heavy atom. The molecule has 0 heterocycles. The van der Waals surface area contributed by atoms with Crippen molar-refractivity contribution < 1.29 is 8.42 Å². The summed E-state index contributed by atoms with van der Waals surface area (Å²) in [6.07, 6.45) is 0. The Morgan fingerprint density at radius 1 is 1.05 bits per heavy atom. The first-order valence-corrected chi connectivity index (χ1v) is 9.27. The fourth-order valence-electron chi connectivity index (χ4n) is 1.58. The molecule has 6 heteroatoms. The summed E-state index contributed by atoms with van der Waals surface area (Å²) >= 11 is 4.89. The van der Waals surface area contributed by atoms with E-state index in [4.69, 9.17) is 0 Å². The van der Waals surface area contributed by atoms with Crippen LogP contribution in [0.3, 0.4) is 0 Å². The van der Waals surface area contributed by atoms with Crippen LogP contribution in [0, 0.1) is 0 Å². The maximum Gasteiger partial charge on any atom is 0.240 e. The number of halogens is 1. The van der Waals surface area contributed by atoms with E-state index in [1.165, 1.54) is 0 Å². The second-order valence-corrected chi connectivity index (χ2v) is 7.87. The van der Waals surface area contributed by atoms with Crippen molar-refractivity contribution >= 4 is 37.7 Å². The van der Waals surface area contributed by atoms with Crippen molar-refractivity contribution in [2.45, 2.75) is 9.79 Å². The largest absolute Gasteiger partial charge is 0.240 e. The predicted molar refractivity (Wildman–Crippen MR) is 86.5 cm³/mol. The molecule has 20 heavy (non-hydrogen) atoms. The van der Waals surface area contributed by atoms with Crippen LogP contribution in [0.1, 0.15) is 0 Å². The van der Waals surface area contributed by atoms with Crippen LogP contribution in [0.5, 0.6) is 0 Å². The number of nitrogens with one attached hydrogen (secondary N) is 1. The van der Waals surface area contributed by atoms with Crippen molar-refractivity contribution in [1.29, 1.82) is 0 Å². The van der Waals surface area contributed by atoms with Gasteiger partial charge in [-0.25, -0.2) is 13.1 Å². The molecule has 3 nitrogen and oxygen atoms in total. The summed E-state index contributed by atoms with van der Waals surface area (Å²) in [5.74, 6) is 0.692. The molecule has 2 aromatic carbocycles. The number of benzene rings is 2. The Hall–Kier alpha value is -0.820. The van der Waals surface area contributed by atoms with Gasteiger partial charge in [-0.15, -0.1) is 11.8 Å². The minimum atomic E-state index is -3.43. The zero-order valence-corrected chi connectivity index (χ0v) is 13.8. The van der Waals surface area contributed by atoms with Gasteiger partial charge in [-0.05, 0) is 30.3 Å². The van der Waals surface area contributed by atoms with Gasteiger partial charge in [0.25, 0.3) is 0 Å². The smallest absolute Gasteiger partial charge is 0.210 e. The number of hydrogen-bond acceptors (Lipinski definition) is 3. The van der Waals surface area contributed by atoms with Crippen LogP contribution in [0.4, 0.5) is 0 Å². The van der Waals surface area contributed by atoms with Gasteiger partial charge in [0, 0.05) is 21.7 Å². The molecule has 0 saturated heterocycles. The SMILES string of the molecule is O=S(=O)(NCCSc1ccccc1)c1cccc(Br)c1. The predicted octanol–water partition coefficient (Wildman–Crippen LogP) is 3.52. The van der Waals surface area contributed by atoms with E-state index < -0.39 is 10.0 Å². The molecule has 0 saturated carbocycles. The number of rotatable bonds is 6. The fourth-order valence-corrected chi connectivity index (χ4v) is 4.13.